The van der Waals surface area contributed by atoms with E-state index in [-0.39, 0.29) is 23.2 Å². The molecular formula is C30H26N4O6S. The summed E-state index contributed by atoms with van der Waals surface area (Å²) in [6.45, 7) is 7.18. The Morgan fingerprint density at radius 3 is 1.29 bits per heavy atom. The van der Waals surface area contributed by atoms with Crippen LogP contribution in [-0.2, 0) is 0 Å². The van der Waals surface area contributed by atoms with Gasteiger partial charge < -0.3 is 10.6 Å². The molecule has 0 saturated heterocycles. The number of carbonyl (C=O) groups excluding carboxylic acids is 2. The monoisotopic (exact) mass is 570 g/mol. The second-order valence-electron chi connectivity index (χ2n) is 9.48. The number of anilines is 2. The Labute approximate surface area is 240 Å². The Kier molecular flexibility index (Phi) is 8.48. The number of non-ortho nitro benzene ring substituents is 2. The van der Waals surface area contributed by atoms with Crippen molar-refractivity contribution in [3.8, 4) is 0 Å². The van der Waals surface area contributed by atoms with E-state index in [0.717, 1.165) is 20.9 Å². The van der Waals surface area contributed by atoms with Gasteiger partial charge in [-0.25, -0.2) is 0 Å². The number of hydrogen-bond acceptors (Lipinski definition) is 7. The Morgan fingerprint density at radius 2 is 0.976 bits per heavy atom. The lowest BCUT2D eigenvalue weighted by Gasteiger charge is -2.13. The highest BCUT2D eigenvalue weighted by atomic mass is 32.2. The Morgan fingerprint density at radius 1 is 0.585 bits per heavy atom. The van der Waals surface area contributed by atoms with Gasteiger partial charge in [0.2, 0.25) is 0 Å². The number of nitro groups is 2. The van der Waals surface area contributed by atoms with Gasteiger partial charge in [0.25, 0.3) is 23.2 Å². The minimum atomic E-state index is -0.498. The van der Waals surface area contributed by atoms with Gasteiger partial charge in [-0.15, -0.1) is 0 Å². The predicted octanol–water partition coefficient (Wildman–Crippen LogP) is 7.39. The molecular weight excluding hydrogens is 544 g/mol. The number of rotatable bonds is 8. The fraction of sp³-hybridized carbons (Fsp3) is 0.133. The van der Waals surface area contributed by atoms with Gasteiger partial charge in [-0.2, -0.15) is 0 Å². The maximum Gasteiger partial charge on any atom is 0.269 e. The van der Waals surface area contributed by atoms with Crippen LogP contribution in [0.5, 0.6) is 0 Å². The molecule has 11 heteroatoms. The Hall–Kier alpha value is -5.03. The summed E-state index contributed by atoms with van der Waals surface area (Å²) in [6, 6.07) is 19.4. The molecule has 4 aromatic carbocycles. The highest BCUT2D eigenvalue weighted by molar-refractivity contribution is 7.99. The summed E-state index contributed by atoms with van der Waals surface area (Å²) in [6.07, 6.45) is 0. The molecule has 0 aromatic heterocycles. The third kappa shape index (κ3) is 6.76. The van der Waals surface area contributed by atoms with Crippen LogP contribution in [-0.4, -0.2) is 21.7 Å². The van der Waals surface area contributed by atoms with Crippen molar-refractivity contribution in [3.63, 3.8) is 0 Å². The number of aryl methyl sites for hydroxylation is 4. The third-order valence-corrected chi connectivity index (χ3v) is 7.77. The normalized spacial score (nSPS) is 10.6. The molecule has 41 heavy (non-hydrogen) atoms. The van der Waals surface area contributed by atoms with Crippen LogP contribution in [0.3, 0.4) is 0 Å². The zero-order chi connectivity index (χ0) is 29.8. The van der Waals surface area contributed by atoms with Crippen molar-refractivity contribution in [1.82, 2.24) is 0 Å². The van der Waals surface area contributed by atoms with Crippen molar-refractivity contribution in [2.24, 2.45) is 0 Å². The van der Waals surface area contributed by atoms with Crippen LogP contribution in [0.15, 0.2) is 82.6 Å². The summed E-state index contributed by atoms with van der Waals surface area (Å²) in [7, 11) is 0. The molecule has 208 valence electrons. The molecule has 0 radical (unpaired) electrons. The van der Waals surface area contributed by atoms with Gasteiger partial charge in [0.1, 0.15) is 0 Å². The average molecular weight is 571 g/mol. The SMILES string of the molecule is Cc1cc(NC(=O)c2ccc([N+](=O)[O-])cc2C)ccc1Sc1ccc(NC(=O)c2ccc([N+](=O)[O-])cc2C)cc1C. The quantitative estimate of drug-likeness (QED) is 0.166. The first kappa shape index (κ1) is 29.0. The first-order valence-corrected chi connectivity index (χ1v) is 13.3. The maximum absolute atomic E-state index is 12.8. The molecule has 4 aromatic rings. The first-order valence-electron chi connectivity index (χ1n) is 12.4. The lowest BCUT2D eigenvalue weighted by Crippen LogP contribution is -2.13. The number of carbonyl (C=O) groups is 2. The smallest absolute Gasteiger partial charge is 0.269 e. The molecule has 0 heterocycles. The van der Waals surface area contributed by atoms with Gasteiger partial charge in [-0.3, -0.25) is 29.8 Å². The van der Waals surface area contributed by atoms with Crippen molar-refractivity contribution >= 4 is 46.3 Å². The standard InChI is InChI=1S/C30H26N4O6S/c1-17-15-23(33(37)38)7-9-25(17)29(35)31-21-5-11-27(19(3)13-21)41-28-12-6-22(14-20(28)4)32-30(36)26-10-8-24(34(39)40)16-18(26)2/h5-16H,1-4H3,(H,31,35)(H,32,36). The number of nitrogens with one attached hydrogen (secondary N) is 2. The fourth-order valence-corrected chi connectivity index (χ4v) is 5.18. The molecule has 0 aliphatic heterocycles. The Bertz CT molecular complexity index is 1590. The van der Waals surface area contributed by atoms with E-state index in [1.807, 2.05) is 38.1 Å². The molecule has 0 aliphatic carbocycles. The second kappa shape index (κ2) is 12.0. The van der Waals surface area contributed by atoms with Crippen molar-refractivity contribution in [1.29, 1.82) is 0 Å². The fourth-order valence-electron chi connectivity index (χ4n) is 4.23. The largest absolute Gasteiger partial charge is 0.322 e. The van der Waals surface area contributed by atoms with Crippen LogP contribution >= 0.6 is 11.8 Å². The van der Waals surface area contributed by atoms with Gasteiger partial charge in [0, 0.05) is 56.6 Å². The Balaban J connectivity index is 1.43. The lowest BCUT2D eigenvalue weighted by atomic mass is 10.1. The maximum atomic E-state index is 12.8. The zero-order valence-corrected chi connectivity index (χ0v) is 23.5. The summed E-state index contributed by atoms with van der Waals surface area (Å²) in [5.74, 6) is -0.704. The van der Waals surface area contributed by atoms with Crippen molar-refractivity contribution in [3.05, 3.63) is 126 Å². The van der Waals surface area contributed by atoms with Crippen molar-refractivity contribution in [2.45, 2.75) is 37.5 Å². The topological polar surface area (TPSA) is 144 Å². The van der Waals surface area contributed by atoms with Crippen LogP contribution in [0.25, 0.3) is 0 Å². The van der Waals surface area contributed by atoms with Gasteiger partial charge in [0.15, 0.2) is 0 Å². The van der Waals surface area contributed by atoms with Crippen molar-refractivity contribution < 1.29 is 19.4 Å². The molecule has 0 fully saturated rings. The zero-order valence-electron chi connectivity index (χ0n) is 22.7. The van der Waals surface area contributed by atoms with Crippen LogP contribution in [0.4, 0.5) is 22.7 Å². The van der Waals surface area contributed by atoms with Gasteiger partial charge in [0.05, 0.1) is 9.85 Å². The molecule has 10 nitrogen and oxygen atoms in total. The molecule has 0 aliphatic rings. The van der Waals surface area contributed by atoms with Gasteiger partial charge >= 0.3 is 0 Å². The van der Waals surface area contributed by atoms with E-state index in [9.17, 15) is 29.8 Å². The molecule has 0 saturated carbocycles. The number of amides is 2. The van der Waals surface area contributed by atoms with E-state index in [4.69, 9.17) is 0 Å². The minimum Gasteiger partial charge on any atom is -0.322 e. The van der Waals surface area contributed by atoms with Crippen LogP contribution in [0.2, 0.25) is 0 Å². The molecule has 2 N–H and O–H groups in total. The van der Waals surface area contributed by atoms with E-state index >= 15 is 0 Å². The molecule has 0 bridgehead atoms. The van der Waals surface area contributed by atoms with Crippen LogP contribution < -0.4 is 10.6 Å². The van der Waals surface area contributed by atoms with Crippen molar-refractivity contribution in [2.75, 3.05) is 10.6 Å². The first-order chi connectivity index (χ1) is 19.4. The lowest BCUT2D eigenvalue weighted by molar-refractivity contribution is -0.385. The van der Waals surface area contributed by atoms with Gasteiger partial charge in [-0.1, -0.05) is 11.8 Å². The predicted molar refractivity (Wildman–Crippen MR) is 158 cm³/mol. The van der Waals surface area contributed by atoms with Crippen LogP contribution in [0, 0.1) is 47.9 Å². The summed E-state index contributed by atoms with van der Waals surface area (Å²) in [5, 5.41) is 27.6. The number of nitrogens with zero attached hydrogens (tertiary/aromatic N) is 2. The molecule has 2 amide bonds. The summed E-state index contributed by atoms with van der Waals surface area (Å²) >= 11 is 1.55. The van der Waals surface area contributed by atoms with Gasteiger partial charge in [-0.05, 0) is 98.5 Å². The van der Waals surface area contributed by atoms with E-state index in [2.05, 4.69) is 10.6 Å². The summed E-state index contributed by atoms with van der Waals surface area (Å²) in [5.41, 5.74) is 4.70. The van der Waals surface area contributed by atoms with E-state index in [0.29, 0.717) is 33.6 Å². The van der Waals surface area contributed by atoms with E-state index in [1.165, 1.54) is 36.4 Å². The third-order valence-electron chi connectivity index (χ3n) is 6.42. The average Bonchev–Trinajstić information content (AvgIpc) is 2.91. The highest BCUT2D eigenvalue weighted by Gasteiger charge is 2.16. The number of nitro benzene ring substituents is 2. The highest BCUT2D eigenvalue weighted by Crippen LogP contribution is 2.35. The van der Waals surface area contributed by atoms with E-state index in [1.54, 1.807) is 37.7 Å². The van der Waals surface area contributed by atoms with Crippen LogP contribution in [0.1, 0.15) is 43.0 Å². The molecule has 0 atom stereocenters. The number of benzene rings is 4. The minimum absolute atomic E-state index is 0.0680. The van der Waals surface area contributed by atoms with E-state index < -0.39 is 9.85 Å². The molecule has 0 unspecified atom stereocenters. The summed E-state index contributed by atoms with van der Waals surface area (Å²) < 4.78 is 0. The second-order valence-corrected chi connectivity index (χ2v) is 10.6. The number of hydrogen-bond donors (Lipinski definition) is 2. The molecule has 0 spiro atoms. The molecule has 4 rings (SSSR count). The summed E-state index contributed by atoms with van der Waals surface area (Å²) in [4.78, 5) is 48.4.